The van der Waals surface area contributed by atoms with E-state index in [0.29, 0.717) is 31.3 Å². The van der Waals surface area contributed by atoms with Gasteiger partial charge >= 0.3 is 0 Å². The first-order valence-corrected chi connectivity index (χ1v) is 9.59. The Labute approximate surface area is 160 Å². The fourth-order valence-corrected chi connectivity index (χ4v) is 3.45. The number of rotatable bonds is 4. The number of benzene rings is 1. The Balaban J connectivity index is 1.75. The zero-order chi connectivity index (χ0) is 18.7. The summed E-state index contributed by atoms with van der Waals surface area (Å²) < 4.78 is 0. The van der Waals surface area contributed by atoms with Crippen molar-refractivity contribution >= 4 is 40.8 Å². The standard InChI is InChI=1S/C17H17ClN4O3S/c1-26-12-5-6-14(22(24)25)13(11-12)17(23)21-9-7-20(8-10-21)16-4-2-3-15(18)19-16/h2-6,11H,7-10H2,1H3. The van der Waals surface area contributed by atoms with Gasteiger partial charge in [0, 0.05) is 37.1 Å². The minimum Gasteiger partial charge on any atom is -0.353 e. The molecule has 7 nitrogen and oxygen atoms in total. The molecule has 1 aromatic carbocycles. The van der Waals surface area contributed by atoms with Crippen LogP contribution in [0.5, 0.6) is 0 Å². The summed E-state index contributed by atoms with van der Waals surface area (Å²) in [5, 5.41) is 11.7. The molecule has 2 heterocycles. The largest absolute Gasteiger partial charge is 0.353 e. The molecule has 0 radical (unpaired) electrons. The van der Waals surface area contributed by atoms with Gasteiger partial charge < -0.3 is 9.80 Å². The van der Waals surface area contributed by atoms with Crippen molar-refractivity contribution in [2.45, 2.75) is 4.90 Å². The summed E-state index contributed by atoms with van der Waals surface area (Å²) in [4.78, 5) is 32.4. The van der Waals surface area contributed by atoms with Gasteiger partial charge in [-0.1, -0.05) is 17.7 Å². The number of carbonyl (C=O) groups excluding carboxylic acids is 1. The Morgan fingerprint density at radius 1 is 1.23 bits per heavy atom. The molecule has 1 aliphatic heterocycles. The number of aromatic nitrogens is 1. The highest BCUT2D eigenvalue weighted by Gasteiger charge is 2.28. The van der Waals surface area contributed by atoms with Crippen LogP contribution >= 0.6 is 23.4 Å². The minimum absolute atomic E-state index is 0.135. The summed E-state index contributed by atoms with van der Waals surface area (Å²) >= 11 is 7.37. The number of carbonyl (C=O) groups is 1. The number of hydrogen-bond donors (Lipinski definition) is 0. The summed E-state index contributed by atoms with van der Waals surface area (Å²) in [6, 6.07) is 10.1. The van der Waals surface area contributed by atoms with Crippen LogP contribution in [0.1, 0.15) is 10.4 Å². The van der Waals surface area contributed by atoms with Crippen molar-refractivity contribution in [2.24, 2.45) is 0 Å². The van der Waals surface area contributed by atoms with Gasteiger partial charge in [0.05, 0.1) is 4.92 Å². The molecule has 0 atom stereocenters. The third-order valence-electron chi connectivity index (χ3n) is 4.22. The van der Waals surface area contributed by atoms with E-state index >= 15 is 0 Å². The highest BCUT2D eigenvalue weighted by atomic mass is 35.5. The first-order chi connectivity index (χ1) is 12.5. The van der Waals surface area contributed by atoms with Crippen LogP contribution in [0.25, 0.3) is 0 Å². The molecule has 9 heteroatoms. The van der Waals surface area contributed by atoms with E-state index in [1.165, 1.54) is 17.8 Å². The summed E-state index contributed by atoms with van der Waals surface area (Å²) in [7, 11) is 0. The topological polar surface area (TPSA) is 79.6 Å². The van der Waals surface area contributed by atoms with Crippen LogP contribution in [0.4, 0.5) is 11.5 Å². The Morgan fingerprint density at radius 2 is 1.96 bits per heavy atom. The Morgan fingerprint density at radius 3 is 2.58 bits per heavy atom. The number of nitrogens with zero attached hydrogens (tertiary/aromatic N) is 4. The van der Waals surface area contributed by atoms with E-state index in [-0.39, 0.29) is 17.2 Å². The van der Waals surface area contributed by atoms with E-state index in [1.807, 2.05) is 23.3 Å². The van der Waals surface area contributed by atoms with Gasteiger partial charge in [0.15, 0.2) is 0 Å². The monoisotopic (exact) mass is 392 g/mol. The highest BCUT2D eigenvalue weighted by Crippen LogP contribution is 2.26. The Hall–Kier alpha value is -2.32. The van der Waals surface area contributed by atoms with E-state index in [2.05, 4.69) is 4.98 Å². The maximum atomic E-state index is 12.8. The van der Waals surface area contributed by atoms with Crippen LogP contribution < -0.4 is 4.90 Å². The second-order valence-corrected chi connectivity index (χ2v) is 7.00. The molecule has 1 aromatic heterocycles. The Kier molecular flexibility index (Phi) is 5.63. The molecule has 0 bridgehead atoms. The number of pyridine rings is 1. The first kappa shape index (κ1) is 18.5. The van der Waals surface area contributed by atoms with Crippen LogP contribution in [0.3, 0.4) is 0 Å². The summed E-state index contributed by atoms with van der Waals surface area (Å²) in [5.74, 6) is 0.450. The molecular weight excluding hydrogens is 376 g/mol. The van der Waals surface area contributed by atoms with Crippen LogP contribution in [-0.2, 0) is 0 Å². The van der Waals surface area contributed by atoms with Gasteiger partial charge in [-0.15, -0.1) is 11.8 Å². The Bertz CT molecular complexity index is 841. The summed E-state index contributed by atoms with van der Waals surface area (Å²) in [5.41, 5.74) is -0.0251. The van der Waals surface area contributed by atoms with Crippen LogP contribution in [0, 0.1) is 10.1 Å². The molecular formula is C17H17ClN4O3S. The quantitative estimate of drug-likeness (QED) is 0.343. The van der Waals surface area contributed by atoms with Gasteiger partial charge in [-0.05, 0) is 30.5 Å². The molecule has 0 N–H and O–H groups in total. The fraction of sp³-hybridized carbons (Fsp3) is 0.294. The number of nitro benzene ring substituents is 1. The maximum absolute atomic E-state index is 12.8. The van der Waals surface area contributed by atoms with Crippen molar-refractivity contribution in [3.63, 3.8) is 0 Å². The van der Waals surface area contributed by atoms with Gasteiger partial charge in [0.1, 0.15) is 16.5 Å². The second-order valence-electron chi connectivity index (χ2n) is 5.74. The molecule has 1 amide bonds. The van der Waals surface area contributed by atoms with Gasteiger partial charge in [-0.3, -0.25) is 14.9 Å². The zero-order valence-corrected chi connectivity index (χ0v) is 15.7. The average molecular weight is 393 g/mol. The minimum atomic E-state index is -0.510. The smallest absolute Gasteiger partial charge is 0.282 e. The number of piperazine rings is 1. The number of anilines is 1. The summed E-state index contributed by atoms with van der Waals surface area (Å²) in [6.07, 6.45) is 1.87. The maximum Gasteiger partial charge on any atom is 0.282 e. The predicted octanol–water partition coefficient (Wildman–Crippen LogP) is 3.33. The molecule has 1 aliphatic rings. The van der Waals surface area contributed by atoms with E-state index < -0.39 is 4.92 Å². The molecule has 1 saturated heterocycles. The van der Waals surface area contributed by atoms with Crippen LogP contribution in [0.15, 0.2) is 41.3 Å². The molecule has 136 valence electrons. The van der Waals surface area contributed by atoms with E-state index in [1.54, 1.807) is 23.1 Å². The summed E-state index contributed by atoms with van der Waals surface area (Å²) in [6.45, 7) is 2.12. The molecule has 26 heavy (non-hydrogen) atoms. The van der Waals surface area contributed by atoms with Gasteiger partial charge in [0.2, 0.25) is 0 Å². The van der Waals surface area contributed by atoms with E-state index in [9.17, 15) is 14.9 Å². The normalized spacial score (nSPS) is 14.4. The SMILES string of the molecule is CSc1ccc([N+](=O)[O-])c(C(=O)N2CCN(c3cccc(Cl)n3)CC2)c1. The van der Waals surface area contributed by atoms with Gasteiger partial charge in [0.25, 0.3) is 11.6 Å². The van der Waals surface area contributed by atoms with Gasteiger partial charge in [-0.25, -0.2) is 4.98 Å². The molecule has 0 spiro atoms. The third kappa shape index (κ3) is 3.91. The van der Waals surface area contributed by atoms with E-state index in [4.69, 9.17) is 11.6 Å². The van der Waals surface area contributed by atoms with Crippen molar-refractivity contribution in [3.05, 3.63) is 57.2 Å². The van der Waals surface area contributed by atoms with Crippen molar-refractivity contribution in [1.82, 2.24) is 9.88 Å². The highest BCUT2D eigenvalue weighted by molar-refractivity contribution is 7.98. The molecule has 2 aromatic rings. The molecule has 0 saturated carbocycles. The van der Waals surface area contributed by atoms with Crippen molar-refractivity contribution < 1.29 is 9.72 Å². The molecule has 3 rings (SSSR count). The second kappa shape index (κ2) is 7.92. The molecule has 0 aliphatic carbocycles. The average Bonchev–Trinajstić information content (AvgIpc) is 2.67. The van der Waals surface area contributed by atoms with Crippen molar-refractivity contribution in [1.29, 1.82) is 0 Å². The van der Waals surface area contributed by atoms with Crippen molar-refractivity contribution in [2.75, 3.05) is 37.3 Å². The predicted molar refractivity (Wildman–Crippen MR) is 102 cm³/mol. The van der Waals surface area contributed by atoms with E-state index in [0.717, 1.165) is 10.7 Å². The molecule has 1 fully saturated rings. The first-order valence-electron chi connectivity index (χ1n) is 7.99. The molecule has 0 unspecified atom stereocenters. The lowest BCUT2D eigenvalue weighted by atomic mass is 10.1. The van der Waals surface area contributed by atoms with Crippen molar-refractivity contribution in [3.8, 4) is 0 Å². The lowest BCUT2D eigenvalue weighted by Crippen LogP contribution is -2.49. The number of halogens is 1. The number of nitro groups is 1. The van der Waals surface area contributed by atoms with Crippen LogP contribution in [0.2, 0.25) is 5.15 Å². The number of amides is 1. The lowest BCUT2D eigenvalue weighted by Gasteiger charge is -2.35. The lowest BCUT2D eigenvalue weighted by molar-refractivity contribution is -0.385. The number of thioether (sulfide) groups is 1. The zero-order valence-electron chi connectivity index (χ0n) is 14.1. The number of hydrogen-bond acceptors (Lipinski definition) is 6. The third-order valence-corrected chi connectivity index (χ3v) is 5.16. The van der Waals surface area contributed by atoms with Gasteiger partial charge in [-0.2, -0.15) is 0 Å². The fourth-order valence-electron chi connectivity index (χ4n) is 2.86. The van der Waals surface area contributed by atoms with Crippen LogP contribution in [-0.4, -0.2) is 53.1 Å².